The number of rotatable bonds is 3. The largest absolute Gasteiger partial charge is 0.392 e. The predicted octanol–water partition coefficient (Wildman–Crippen LogP) is 2.94. The molecule has 2 heteroatoms. The molecule has 0 spiro atoms. The van der Waals surface area contributed by atoms with Gasteiger partial charge in [0.1, 0.15) is 0 Å². The van der Waals surface area contributed by atoms with Crippen LogP contribution in [0, 0.1) is 16.7 Å². The molecule has 0 aromatic rings. The quantitative estimate of drug-likeness (QED) is 0.778. The minimum atomic E-state index is -0.236. The summed E-state index contributed by atoms with van der Waals surface area (Å²) in [5.74, 6) is 0.715. The molecule has 3 atom stereocenters. The second-order valence-electron chi connectivity index (χ2n) is 7.05. The summed E-state index contributed by atoms with van der Waals surface area (Å²) in [5.41, 5.74) is 6.13. The lowest BCUT2D eigenvalue weighted by Crippen LogP contribution is -2.46. The van der Waals surface area contributed by atoms with Crippen molar-refractivity contribution in [3.63, 3.8) is 0 Å². The Morgan fingerprint density at radius 1 is 1.44 bits per heavy atom. The monoisotopic (exact) mass is 227 g/mol. The van der Waals surface area contributed by atoms with Gasteiger partial charge in [-0.25, -0.2) is 0 Å². The second-order valence-corrected chi connectivity index (χ2v) is 7.05. The van der Waals surface area contributed by atoms with Crippen molar-refractivity contribution < 1.29 is 5.11 Å². The molecular weight excluding hydrogens is 198 g/mol. The fourth-order valence-electron chi connectivity index (χ4n) is 3.12. The Morgan fingerprint density at radius 2 is 2.06 bits per heavy atom. The molecule has 96 valence electrons. The molecule has 0 aliphatic heterocycles. The van der Waals surface area contributed by atoms with Gasteiger partial charge in [-0.05, 0) is 30.6 Å². The maximum atomic E-state index is 10.5. The van der Waals surface area contributed by atoms with Gasteiger partial charge in [0.2, 0.25) is 0 Å². The summed E-state index contributed by atoms with van der Waals surface area (Å²) in [6, 6.07) is 0. The smallest absolute Gasteiger partial charge is 0.0613 e. The highest BCUT2D eigenvalue weighted by molar-refractivity contribution is 4.93. The van der Waals surface area contributed by atoms with Crippen LogP contribution in [0.15, 0.2) is 0 Å². The van der Waals surface area contributed by atoms with E-state index < -0.39 is 0 Å². The summed E-state index contributed by atoms with van der Waals surface area (Å²) < 4.78 is 0. The van der Waals surface area contributed by atoms with Gasteiger partial charge in [0.15, 0.2) is 0 Å². The number of nitrogens with two attached hydrogens (primary N) is 1. The number of aliphatic hydroxyl groups excluding tert-OH is 1. The van der Waals surface area contributed by atoms with Crippen LogP contribution in [0.3, 0.4) is 0 Å². The first-order valence-corrected chi connectivity index (χ1v) is 6.67. The number of hydrogen-bond donors (Lipinski definition) is 2. The Morgan fingerprint density at radius 3 is 2.50 bits per heavy atom. The molecule has 0 bridgehead atoms. The van der Waals surface area contributed by atoms with Gasteiger partial charge in [0.05, 0.1) is 6.10 Å². The van der Waals surface area contributed by atoms with E-state index in [1.165, 1.54) is 12.8 Å². The van der Waals surface area contributed by atoms with E-state index in [4.69, 9.17) is 5.73 Å². The summed E-state index contributed by atoms with van der Waals surface area (Å²) in [6.45, 7) is 9.48. The molecule has 0 amide bonds. The molecule has 1 saturated carbocycles. The molecule has 3 unspecified atom stereocenters. The van der Waals surface area contributed by atoms with Gasteiger partial charge in [-0.1, -0.05) is 40.5 Å². The first-order valence-electron chi connectivity index (χ1n) is 6.67. The van der Waals surface area contributed by atoms with Crippen molar-refractivity contribution >= 4 is 0 Å². The van der Waals surface area contributed by atoms with Crippen molar-refractivity contribution in [2.45, 2.75) is 65.9 Å². The first kappa shape index (κ1) is 14.0. The summed E-state index contributed by atoms with van der Waals surface area (Å²) in [4.78, 5) is 0. The average Bonchev–Trinajstić information content (AvgIpc) is 2.14. The molecule has 0 aromatic carbocycles. The minimum absolute atomic E-state index is 0.00898. The number of hydrogen-bond acceptors (Lipinski definition) is 2. The van der Waals surface area contributed by atoms with Gasteiger partial charge in [0.25, 0.3) is 0 Å². The lowest BCUT2D eigenvalue weighted by atomic mass is 9.64. The Hall–Kier alpha value is -0.0800. The van der Waals surface area contributed by atoms with Crippen LogP contribution in [0.1, 0.15) is 59.8 Å². The highest BCUT2D eigenvalue weighted by Gasteiger charge is 2.41. The van der Waals surface area contributed by atoms with Gasteiger partial charge in [-0.2, -0.15) is 0 Å². The van der Waals surface area contributed by atoms with E-state index in [0.717, 1.165) is 19.3 Å². The maximum absolute atomic E-state index is 10.5. The van der Waals surface area contributed by atoms with Crippen LogP contribution in [0.4, 0.5) is 0 Å². The Labute approximate surface area is 101 Å². The fourth-order valence-corrected chi connectivity index (χ4v) is 3.12. The lowest BCUT2D eigenvalue weighted by molar-refractivity contribution is -0.0329. The van der Waals surface area contributed by atoms with E-state index in [2.05, 4.69) is 27.7 Å². The second kappa shape index (κ2) is 5.05. The topological polar surface area (TPSA) is 46.2 Å². The molecule has 0 radical (unpaired) electrons. The summed E-state index contributed by atoms with van der Waals surface area (Å²) >= 11 is 0. The molecule has 1 aliphatic carbocycles. The summed E-state index contributed by atoms with van der Waals surface area (Å²) in [7, 11) is 0. The van der Waals surface area contributed by atoms with E-state index in [-0.39, 0.29) is 16.9 Å². The van der Waals surface area contributed by atoms with Crippen LogP contribution in [0.25, 0.3) is 0 Å². The van der Waals surface area contributed by atoms with Crippen LogP contribution in [0.5, 0.6) is 0 Å². The zero-order valence-corrected chi connectivity index (χ0v) is 11.4. The van der Waals surface area contributed by atoms with Gasteiger partial charge >= 0.3 is 0 Å². The molecule has 16 heavy (non-hydrogen) atoms. The molecule has 1 aliphatic rings. The molecule has 1 rings (SSSR count). The number of aliphatic hydroxyl groups is 1. The fraction of sp³-hybridized carbons (Fsp3) is 1.00. The van der Waals surface area contributed by atoms with E-state index in [0.29, 0.717) is 12.5 Å². The molecule has 0 aromatic heterocycles. The third-order valence-electron chi connectivity index (χ3n) is 4.05. The predicted molar refractivity (Wildman–Crippen MR) is 69.2 cm³/mol. The van der Waals surface area contributed by atoms with Gasteiger partial charge in [0, 0.05) is 12.0 Å². The third-order valence-corrected chi connectivity index (χ3v) is 4.05. The van der Waals surface area contributed by atoms with Crippen LogP contribution < -0.4 is 5.73 Å². The van der Waals surface area contributed by atoms with Crippen molar-refractivity contribution in [2.75, 3.05) is 6.54 Å². The van der Waals surface area contributed by atoms with Crippen molar-refractivity contribution in [3.05, 3.63) is 0 Å². The van der Waals surface area contributed by atoms with Crippen LogP contribution in [0.2, 0.25) is 0 Å². The first-order chi connectivity index (χ1) is 7.29. The molecule has 1 fully saturated rings. The highest BCUT2D eigenvalue weighted by Crippen LogP contribution is 2.44. The SMILES string of the molecule is CC1CCCC(CN)(C(O)CC(C)(C)C)C1. The van der Waals surface area contributed by atoms with Crippen molar-refractivity contribution in [3.8, 4) is 0 Å². The van der Waals surface area contributed by atoms with Gasteiger partial charge in [-0.15, -0.1) is 0 Å². The maximum Gasteiger partial charge on any atom is 0.0613 e. The van der Waals surface area contributed by atoms with E-state index in [9.17, 15) is 5.11 Å². The third kappa shape index (κ3) is 3.46. The Kier molecular flexibility index (Phi) is 4.42. The standard InChI is InChI=1S/C14H29NO/c1-11-6-5-7-14(8-11,10-15)12(16)9-13(2,3)4/h11-12,16H,5-10,15H2,1-4H3. The van der Waals surface area contributed by atoms with Crippen molar-refractivity contribution in [2.24, 2.45) is 22.5 Å². The normalized spacial score (nSPS) is 33.8. The summed E-state index contributed by atoms with van der Waals surface area (Å²) in [6.07, 6.45) is 5.34. The van der Waals surface area contributed by atoms with Crippen molar-refractivity contribution in [1.29, 1.82) is 0 Å². The van der Waals surface area contributed by atoms with Crippen molar-refractivity contribution in [1.82, 2.24) is 0 Å². The zero-order chi connectivity index (χ0) is 12.4. The van der Waals surface area contributed by atoms with E-state index in [1.54, 1.807) is 0 Å². The van der Waals surface area contributed by atoms with Crippen LogP contribution in [-0.4, -0.2) is 17.8 Å². The lowest BCUT2D eigenvalue weighted by Gasteiger charge is -2.44. The minimum Gasteiger partial charge on any atom is -0.392 e. The van der Waals surface area contributed by atoms with Gasteiger partial charge in [-0.3, -0.25) is 0 Å². The summed E-state index contributed by atoms with van der Waals surface area (Å²) in [5, 5.41) is 10.5. The highest BCUT2D eigenvalue weighted by atomic mass is 16.3. The van der Waals surface area contributed by atoms with Crippen LogP contribution >= 0.6 is 0 Å². The molecular formula is C14H29NO. The van der Waals surface area contributed by atoms with Gasteiger partial charge < -0.3 is 10.8 Å². The molecule has 2 nitrogen and oxygen atoms in total. The Bertz CT molecular complexity index is 221. The zero-order valence-electron chi connectivity index (χ0n) is 11.4. The van der Waals surface area contributed by atoms with E-state index >= 15 is 0 Å². The molecule has 0 heterocycles. The molecule has 3 N–H and O–H groups in total. The Balaban J connectivity index is 2.71. The molecule has 0 saturated heterocycles. The average molecular weight is 227 g/mol. The van der Waals surface area contributed by atoms with E-state index in [1.807, 2.05) is 0 Å². The van der Waals surface area contributed by atoms with Crippen LogP contribution in [-0.2, 0) is 0 Å².